The average molecular weight is 361 g/mol. The highest BCUT2D eigenvalue weighted by molar-refractivity contribution is 7.88. The number of carbonyl (C=O) groups is 1. The summed E-state index contributed by atoms with van der Waals surface area (Å²) in [6, 6.07) is 0. The lowest BCUT2D eigenvalue weighted by Crippen LogP contribution is -2.37. The Morgan fingerprint density at radius 2 is 2.08 bits per heavy atom. The summed E-state index contributed by atoms with van der Waals surface area (Å²) in [5.41, 5.74) is 1.18. The molecule has 2 N–H and O–H groups in total. The summed E-state index contributed by atoms with van der Waals surface area (Å²) in [6.45, 7) is 7.81. The van der Waals surface area contributed by atoms with Gasteiger partial charge in [-0.25, -0.2) is 13.1 Å². The van der Waals surface area contributed by atoms with Crippen molar-refractivity contribution in [3.8, 4) is 0 Å². The van der Waals surface area contributed by atoms with Crippen molar-refractivity contribution in [3.63, 3.8) is 0 Å². The SMILES string of the molecule is COCCNC(=O)CC1CC(C(C)C)C(CNS(C)(=O)=O)C=C1C. The van der Waals surface area contributed by atoms with Crippen LogP contribution in [-0.2, 0) is 19.6 Å². The summed E-state index contributed by atoms with van der Waals surface area (Å²) in [5.74, 6) is 1.22. The van der Waals surface area contributed by atoms with Gasteiger partial charge in [0.15, 0.2) is 0 Å². The van der Waals surface area contributed by atoms with Gasteiger partial charge in [0.25, 0.3) is 0 Å². The van der Waals surface area contributed by atoms with Gasteiger partial charge < -0.3 is 10.1 Å². The number of allylic oxidation sites excluding steroid dienone is 1. The molecule has 7 heteroatoms. The number of methoxy groups -OCH3 is 1. The second-order valence-electron chi connectivity index (χ2n) is 7.08. The highest BCUT2D eigenvalue weighted by atomic mass is 32.2. The smallest absolute Gasteiger partial charge is 0.220 e. The summed E-state index contributed by atoms with van der Waals surface area (Å²) in [7, 11) is -1.58. The molecule has 0 aromatic carbocycles. The molecule has 24 heavy (non-hydrogen) atoms. The van der Waals surface area contributed by atoms with Gasteiger partial charge in [-0.05, 0) is 37.0 Å². The Kier molecular flexibility index (Phi) is 8.39. The van der Waals surface area contributed by atoms with E-state index in [0.717, 1.165) is 6.42 Å². The van der Waals surface area contributed by atoms with Crippen LogP contribution in [0.15, 0.2) is 11.6 Å². The van der Waals surface area contributed by atoms with Crippen molar-refractivity contribution in [2.45, 2.75) is 33.6 Å². The van der Waals surface area contributed by atoms with E-state index >= 15 is 0 Å². The lowest BCUT2D eigenvalue weighted by Gasteiger charge is -2.37. The minimum absolute atomic E-state index is 0.0417. The Balaban J connectivity index is 2.72. The molecule has 0 aromatic heterocycles. The molecule has 0 saturated heterocycles. The van der Waals surface area contributed by atoms with Crippen molar-refractivity contribution in [2.75, 3.05) is 33.1 Å². The van der Waals surface area contributed by atoms with Crippen molar-refractivity contribution in [2.24, 2.45) is 23.7 Å². The third kappa shape index (κ3) is 7.32. The molecule has 0 saturated carbocycles. The summed E-state index contributed by atoms with van der Waals surface area (Å²) in [4.78, 5) is 12.1. The number of nitrogens with one attached hydrogen (secondary N) is 2. The van der Waals surface area contributed by atoms with Gasteiger partial charge in [-0.1, -0.05) is 25.5 Å². The molecule has 0 aromatic rings. The van der Waals surface area contributed by atoms with Gasteiger partial charge in [0, 0.05) is 26.6 Å². The number of amides is 1. The lowest BCUT2D eigenvalue weighted by atomic mass is 9.70. The Morgan fingerprint density at radius 3 is 2.62 bits per heavy atom. The van der Waals surface area contributed by atoms with Crippen molar-refractivity contribution >= 4 is 15.9 Å². The van der Waals surface area contributed by atoms with Crippen LogP contribution in [0.25, 0.3) is 0 Å². The van der Waals surface area contributed by atoms with Crippen LogP contribution in [-0.4, -0.2) is 47.4 Å². The van der Waals surface area contributed by atoms with Gasteiger partial charge in [0.05, 0.1) is 12.9 Å². The number of rotatable bonds is 9. The topological polar surface area (TPSA) is 84.5 Å². The molecule has 1 aliphatic rings. The molecular formula is C17H32N2O4S. The van der Waals surface area contributed by atoms with Crippen LogP contribution in [0.1, 0.15) is 33.6 Å². The number of carbonyl (C=O) groups excluding carboxylic acids is 1. The highest BCUT2D eigenvalue weighted by Gasteiger charge is 2.32. The second-order valence-corrected chi connectivity index (χ2v) is 8.92. The van der Waals surface area contributed by atoms with E-state index in [0.29, 0.717) is 38.0 Å². The molecule has 6 nitrogen and oxygen atoms in total. The molecule has 1 amide bonds. The van der Waals surface area contributed by atoms with E-state index in [4.69, 9.17) is 4.74 Å². The van der Waals surface area contributed by atoms with Crippen LogP contribution in [0.5, 0.6) is 0 Å². The van der Waals surface area contributed by atoms with Crippen molar-refractivity contribution in [1.82, 2.24) is 10.0 Å². The number of hydrogen-bond acceptors (Lipinski definition) is 4. The molecular weight excluding hydrogens is 328 g/mol. The molecule has 1 aliphatic carbocycles. The predicted molar refractivity (Wildman–Crippen MR) is 96.0 cm³/mol. The molecule has 0 spiro atoms. The van der Waals surface area contributed by atoms with E-state index in [2.05, 4.69) is 30.0 Å². The van der Waals surface area contributed by atoms with Gasteiger partial charge in [-0.15, -0.1) is 0 Å². The Bertz CT molecular complexity index is 543. The molecule has 140 valence electrons. The Labute approximate surface area is 146 Å². The predicted octanol–water partition coefficient (Wildman–Crippen LogP) is 1.54. The van der Waals surface area contributed by atoms with Gasteiger partial charge >= 0.3 is 0 Å². The van der Waals surface area contributed by atoms with E-state index < -0.39 is 10.0 Å². The van der Waals surface area contributed by atoms with E-state index in [1.165, 1.54) is 11.8 Å². The fourth-order valence-corrected chi connectivity index (χ4v) is 3.84. The molecule has 1 rings (SSSR count). The van der Waals surface area contributed by atoms with Crippen LogP contribution >= 0.6 is 0 Å². The molecule has 0 radical (unpaired) electrons. The van der Waals surface area contributed by atoms with E-state index in [9.17, 15) is 13.2 Å². The molecule has 0 fully saturated rings. The van der Waals surface area contributed by atoms with Crippen molar-refractivity contribution in [1.29, 1.82) is 0 Å². The van der Waals surface area contributed by atoms with Crippen molar-refractivity contribution < 1.29 is 17.9 Å². The van der Waals surface area contributed by atoms with Gasteiger partial charge in [0.1, 0.15) is 0 Å². The first-order valence-corrected chi connectivity index (χ1v) is 10.4. The van der Waals surface area contributed by atoms with Crippen LogP contribution in [0.2, 0.25) is 0 Å². The number of hydrogen-bond donors (Lipinski definition) is 2. The van der Waals surface area contributed by atoms with Gasteiger partial charge in [0.2, 0.25) is 15.9 Å². The standard InChI is InChI=1S/C17H32N2O4S/c1-12(2)16-9-14(10-17(20)18-6-7-23-4)13(3)8-15(16)11-19-24(5,21)22/h8,12,14-16,19H,6-7,9-11H2,1-5H3,(H,18,20). The largest absolute Gasteiger partial charge is 0.383 e. The zero-order valence-electron chi connectivity index (χ0n) is 15.5. The molecule has 0 bridgehead atoms. The Morgan fingerprint density at radius 1 is 1.42 bits per heavy atom. The fourth-order valence-electron chi connectivity index (χ4n) is 3.34. The zero-order chi connectivity index (χ0) is 18.3. The quantitative estimate of drug-likeness (QED) is 0.482. The third-order valence-corrected chi connectivity index (χ3v) is 5.42. The Hall–Kier alpha value is -0.920. The maximum absolute atomic E-state index is 12.1. The normalized spacial score (nSPS) is 24.8. The summed E-state index contributed by atoms with van der Waals surface area (Å²) >= 11 is 0. The van der Waals surface area contributed by atoms with Gasteiger partial charge in [-0.2, -0.15) is 0 Å². The van der Waals surface area contributed by atoms with Crippen LogP contribution in [0.4, 0.5) is 0 Å². The molecule has 0 aliphatic heterocycles. The first kappa shape index (κ1) is 21.1. The molecule has 3 unspecified atom stereocenters. The van der Waals surface area contributed by atoms with E-state index in [1.54, 1.807) is 7.11 Å². The van der Waals surface area contributed by atoms with Crippen molar-refractivity contribution in [3.05, 3.63) is 11.6 Å². The van der Waals surface area contributed by atoms with Crippen LogP contribution < -0.4 is 10.0 Å². The zero-order valence-corrected chi connectivity index (χ0v) is 16.3. The average Bonchev–Trinajstić information content (AvgIpc) is 2.46. The van der Waals surface area contributed by atoms with E-state index in [1.807, 2.05) is 6.92 Å². The molecule has 3 atom stereocenters. The van der Waals surface area contributed by atoms with Crippen LogP contribution in [0.3, 0.4) is 0 Å². The number of ether oxygens (including phenoxy) is 1. The highest BCUT2D eigenvalue weighted by Crippen LogP contribution is 2.38. The first-order chi connectivity index (χ1) is 11.1. The molecule has 0 heterocycles. The monoisotopic (exact) mass is 360 g/mol. The number of sulfonamides is 1. The minimum Gasteiger partial charge on any atom is -0.383 e. The summed E-state index contributed by atoms with van der Waals surface area (Å²) in [5, 5.41) is 2.87. The second kappa shape index (κ2) is 9.53. The van der Waals surface area contributed by atoms with Crippen LogP contribution in [0, 0.1) is 23.7 Å². The lowest BCUT2D eigenvalue weighted by molar-refractivity contribution is -0.122. The summed E-state index contributed by atoms with van der Waals surface area (Å²) < 4.78 is 30.3. The van der Waals surface area contributed by atoms with E-state index in [-0.39, 0.29) is 17.7 Å². The minimum atomic E-state index is -3.19. The fraction of sp³-hybridized carbons (Fsp3) is 0.824. The van der Waals surface area contributed by atoms with Gasteiger partial charge in [-0.3, -0.25) is 4.79 Å². The first-order valence-electron chi connectivity index (χ1n) is 8.52. The maximum atomic E-state index is 12.1. The third-order valence-electron chi connectivity index (χ3n) is 4.73. The summed E-state index contributed by atoms with van der Waals surface area (Å²) in [6.07, 6.45) is 4.72. The maximum Gasteiger partial charge on any atom is 0.220 e.